The summed E-state index contributed by atoms with van der Waals surface area (Å²) in [4.78, 5) is 23.1. The molecule has 1 fully saturated rings. The SMILES string of the molecule is NC(CC(=O)O)C(=O)N1CCC(O)C1. The van der Waals surface area contributed by atoms with Crippen LogP contribution >= 0.6 is 0 Å². The van der Waals surface area contributed by atoms with E-state index in [0.29, 0.717) is 13.0 Å². The number of aliphatic hydroxyl groups is 1. The van der Waals surface area contributed by atoms with E-state index >= 15 is 0 Å². The topological polar surface area (TPSA) is 104 Å². The van der Waals surface area contributed by atoms with Crippen molar-refractivity contribution in [3.63, 3.8) is 0 Å². The molecule has 0 saturated carbocycles. The second-order valence-corrected chi connectivity index (χ2v) is 3.43. The molecule has 0 aliphatic carbocycles. The summed E-state index contributed by atoms with van der Waals surface area (Å²) in [5.41, 5.74) is 5.39. The smallest absolute Gasteiger partial charge is 0.305 e. The predicted octanol–water partition coefficient (Wildman–Crippen LogP) is -1.62. The Balaban J connectivity index is 2.44. The minimum absolute atomic E-state index is 0.256. The maximum absolute atomic E-state index is 11.5. The zero-order chi connectivity index (χ0) is 10.7. The molecule has 0 aromatic carbocycles. The van der Waals surface area contributed by atoms with Crippen molar-refractivity contribution in [2.75, 3.05) is 13.1 Å². The van der Waals surface area contributed by atoms with Gasteiger partial charge in [0.1, 0.15) is 0 Å². The number of amides is 1. The van der Waals surface area contributed by atoms with Gasteiger partial charge in [-0.05, 0) is 6.42 Å². The number of aliphatic hydroxyl groups excluding tert-OH is 1. The number of hydrogen-bond donors (Lipinski definition) is 3. The van der Waals surface area contributed by atoms with Crippen LogP contribution in [0.4, 0.5) is 0 Å². The molecule has 1 aliphatic rings. The Morgan fingerprint density at radius 3 is 2.64 bits per heavy atom. The minimum Gasteiger partial charge on any atom is -0.481 e. The third kappa shape index (κ3) is 2.68. The highest BCUT2D eigenvalue weighted by Crippen LogP contribution is 2.10. The van der Waals surface area contributed by atoms with Gasteiger partial charge < -0.3 is 20.8 Å². The van der Waals surface area contributed by atoms with E-state index in [1.54, 1.807) is 0 Å². The second-order valence-electron chi connectivity index (χ2n) is 3.43. The molecule has 0 spiro atoms. The number of carboxylic acid groups (broad SMARTS) is 1. The Kier molecular flexibility index (Phi) is 3.43. The molecular formula is C8H14N2O4. The highest BCUT2D eigenvalue weighted by molar-refractivity contribution is 5.86. The Hall–Kier alpha value is -1.14. The molecule has 0 aromatic heterocycles. The summed E-state index contributed by atoms with van der Waals surface area (Å²) < 4.78 is 0. The van der Waals surface area contributed by atoms with Crippen molar-refractivity contribution >= 4 is 11.9 Å². The van der Waals surface area contributed by atoms with Crippen LogP contribution in [-0.2, 0) is 9.59 Å². The van der Waals surface area contributed by atoms with Crippen LogP contribution in [0.25, 0.3) is 0 Å². The molecule has 2 unspecified atom stereocenters. The molecule has 0 aromatic rings. The van der Waals surface area contributed by atoms with Gasteiger partial charge in [0.05, 0.1) is 18.6 Å². The van der Waals surface area contributed by atoms with Crippen molar-refractivity contribution in [2.24, 2.45) is 5.73 Å². The van der Waals surface area contributed by atoms with Gasteiger partial charge in [0.2, 0.25) is 5.91 Å². The van der Waals surface area contributed by atoms with Crippen molar-refractivity contribution in [3.05, 3.63) is 0 Å². The van der Waals surface area contributed by atoms with Crippen LogP contribution < -0.4 is 5.73 Å². The van der Waals surface area contributed by atoms with Crippen LogP contribution in [0.15, 0.2) is 0 Å². The van der Waals surface area contributed by atoms with E-state index in [1.807, 2.05) is 0 Å². The third-order valence-corrected chi connectivity index (χ3v) is 2.19. The predicted molar refractivity (Wildman–Crippen MR) is 47.4 cm³/mol. The quantitative estimate of drug-likeness (QED) is 0.510. The lowest BCUT2D eigenvalue weighted by Crippen LogP contribution is -2.44. The number of carbonyl (C=O) groups is 2. The first kappa shape index (κ1) is 10.9. The van der Waals surface area contributed by atoms with Crippen molar-refractivity contribution in [3.8, 4) is 0 Å². The molecule has 0 bridgehead atoms. The number of carbonyl (C=O) groups excluding carboxylic acids is 1. The highest BCUT2D eigenvalue weighted by atomic mass is 16.4. The largest absolute Gasteiger partial charge is 0.481 e. The van der Waals surface area contributed by atoms with Gasteiger partial charge in [-0.1, -0.05) is 0 Å². The molecule has 1 amide bonds. The number of β-amino-alcohol motifs (C(OH)–C–C–N with tert-alkyl or cyclic N) is 1. The molecule has 1 heterocycles. The molecule has 0 radical (unpaired) electrons. The van der Waals surface area contributed by atoms with Crippen LogP contribution in [0, 0.1) is 0 Å². The molecule has 6 heteroatoms. The molecular weight excluding hydrogens is 188 g/mol. The number of likely N-dealkylation sites (tertiary alicyclic amines) is 1. The molecule has 1 saturated heterocycles. The van der Waals surface area contributed by atoms with Gasteiger partial charge in [-0.15, -0.1) is 0 Å². The van der Waals surface area contributed by atoms with Gasteiger partial charge in [-0.2, -0.15) is 0 Å². The number of carboxylic acids is 1. The van der Waals surface area contributed by atoms with Crippen molar-refractivity contribution in [2.45, 2.75) is 25.0 Å². The number of rotatable bonds is 3. The van der Waals surface area contributed by atoms with Gasteiger partial charge in [0.15, 0.2) is 0 Å². The second kappa shape index (κ2) is 4.39. The Morgan fingerprint density at radius 2 is 2.21 bits per heavy atom. The van der Waals surface area contributed by atoms with Gasteiger partial charge >= 0.3 is 5.97 Å². The zero-order valence-electron chi connectivity index (χ0n) is 7.72. The first-order valence-electron chi connectivity index (χ1n) is 4.45. The maximum Gasteiger partial charge on any atom is 0.305 e. The molecule has 14 heavy (non-hydrogen) atoms. The fraction of sp³-hybridized carbons (Fsp3) is 0.750. The Morgan fingerprint density at radius 1 is 1.57 bits per heavy atom. The normalized spacial score (nSPS) is 23.6. The Labute approximate surface area is 81.3 Å². The van der Waals surface area contributed by atoms with Gasteiger partial charge in [0.25, 0.3) is 0 Å². The van der Waals surface area contributed by atoms with Gasteiger partial charge in [0, 0.05) is 13.1 Å². The van der Waals surface area contributed by atoms with Crippen LogP contribution in [0.3, 0.4) is 0 Å². The summed E-state index contributed by atoms with van der Waals surface area (Å²) in [5.74, 6) is -1.49. The van der Waals surface area contributed by atoms with E-state index in [1.165, 1.54) is 4.90 Å². The maximum atomic E-state index is 11.5. The lowest BCUT2D eigenvalue weighted by molar-refractivity contribution is -0.141. The summed E-state index contributed by atoms with van der Waals surface area (Å²) in [5, 5.41) is 17.6. The van der Waals surface area contributed by atoms with E-state index in [-0.39, 0.29) is 13.0 Å². The first-order valence-corrected chi connectivity index (χ1v) is 4.45. The van der Waals surface area contributed by atoms with Gasteiger partial charge in [-0.25, -0.2) is 0 Å². The number of aliphatic carboxylic acids is 1. The lowest BCUT2D eigenvalue weighted by atomic mass is 10.2. The summed E-state index contributed by atoms with van der Waals surface area (Å²) in [6.07, 6.45) is -0.340. The molecule has 6 nitrogen and oxygen atoms in total. The summed E-state index contributed by atoms with van der Waals surface area (Å²) >= 11 is 0. The fourth-order valence-corrected chi connectivity index (χ4v) is 1.45. The average molecular weight is 202 g/mol. The minimum atomic E-state index is -1.09. The van der Waals surface area contributed by atoms with Crippen molar-refractivity contribution in [1.29, 1.82) is 0 Å². The van der Waals surface area contributed by atoms with E-state index in [9.17, 15) is 9.59 Å². The number of nitrogens with zero attached hydrogens (tertiary/aromatic N) is 1. The Bertz CT molecular complexity index is 243. The van der Waals surface area contributed by atoms with Crippen molar-refractivity contribution < 1.29 is 19.8 Å². The monoisotopic (exact) mass is 202 g/mol. The summed E-state index contributed by atoms with van der Waals surface area (Å²) in [6.45, 7) is 0.708. The van der Waals surface area contributed by atoms with Crippen LogP contribution in [0.2, 0.25) is 0 Å². The number of hydrogen-bond acceptors (Lipinski definition) is 4. The third-order valence-electron chi connectivity index (χ3n) is 2.19. The van der Waals surface area contributed by atoms with E-state index in [2.05, 4.69) is 0 Å². The van der Waals surface area contributed by atoms with Crippen molar-refractivity contribution in [1.82, 2.24) is 4.90 Å². The molecule has 4 N–H and O–H groups in total. The van der Waals surface area contributed by atoms with Crippen LogP contribution in [0.5, 0.6) is 0 Å². The standard InChI is InChI=1S/C8H14N2O4/c9-6(3-7(12)13)8(14)10-2-1-5(11)4-10/h5-6,11H,1-4,9H2,(H,12,13). The molecule has 80 valence electrons. The van der Waals surface area contributed by atoms with E-state index < -0.39 is 24.0 Å². The van der Waals surface area contributed by atoms with E-state index in [0.717, 1.165) is 0 Å². The van der Waals surface area contributed by atoms with Crippen LogP contribution in [-0.4, -0.2) is 52.2 Å². The van der Waals surface area contributed by atoms with Gasteiger partial charge in [-0.3, -0.25) is 9.59 Å². The zero-order valence-corrected chi connectivity index (χ0v) is 7.72. The molecule has 1 aliphatic heterocycles. The summed E-state index contributed by atoms with van der Waals surface area (Å²) in [6, 6.07) is -1.00. The number of nitrogens with two attached hydrogens (primary N) is 1. The highest BCUT2D eigenvalue weighted by Gasteiger charge is 2.28. The molecule has 1 rings (SSSR count). The molecule has 2 atom stereocenters. The average Bonchev–Trinajstić information content (AvgIpc) is 2.49. The van der Waals surface area contributed by atoms with E-state index in [4.69, 9.17) is 15.9 Å². The van der Waals surface area contributed by atoms with Crippen LogP contribution in [0.1, 0.15) is 12.8 Å². The summed E-state index contributed by atoms with van der Waals surface area (Å²) in [7, 11) is 0. The fourth-order valence-electron chi connectivity index (χ4n) is 1.45. The first-order chi connectivity index (χ1) is 6.50. The lowest BCUT2D eigenvalue weighted by Gasteiger charge is -2.18.